The minimum absolute atomic E-state index is 0.103. The summed E-state index contributed by atoms with van der Waals surface area (Å²) >= 11 is 0. The van der Waals surface area contributed by atoms with Crippen molar-refractivity contribution in [3.63, 3.8) is 0 Å². The van der Waals surface area contributed by atoms with E-state index in [1.807, 2.05) is 6.07 Å². The van der Waals surface area contributed by atoms with Crippen molar-refractivity contribution in [2.24, 2.45) is 0 Å². The van der Waals surface area contributed by atoms with Crippen LogP contribution in [0.1, 0.15) is 6.42 Å². The maximum absolute atomic E-state index is 6.02. The largest absolute Gasteiger partial charge is 0.475 e. The van der Waals surface area contributed by atoms with Crippen molar-refractivity contribution in [2.45, 2.75) is 17.4 Å². The monoisotopic (exact) mass is 247 g/mol. The molecular formula is C13H12OPS+. The summed E-state index contributed by atoms with van der Waals surface area (Å²) in [5, 5.41) is 0. The summed E-state index contributed by atoms with van der Waals surface area (Å²) in [6.45, 7) is 0. The minimum atomic E-state index is 0.103. The van der Waals surface area contributed by atoms with Crippen LogP contribution < -0.4 is 4.74 Å². The summed E-state index contributed by atoms with van der Waals surface area (Å²) in [7, 11) is 1.28. The van der Waals surface area contributed by atoms with E-state index in [4.69, 9.17) is 4.74 Å². The van der Waals surface area contributed by atoms with Gasteiger partial charge in [-0.3, -0.25) is 0 Å². The van der Waals surface area contributed by atoms with Gasteiger partial charge in [-0.1, -0.05) is 24.3 Å². The van der Waals surface area contributed by atoms with Crippen LogP contribution in [-0.2, 0) is 10.5 Å². The first kappa shape index (κ1) is 10.2. The quantitative estimate of drug-likeness (QED) is 0.544. The van der Waals surface area contributed by atoms with Crippen LogP contribution in [0, 0.1) is 0 Å². The highest BCUT2D eigenvalue weighted by atomic mass is 32.7. The molecule has 1 nitrogen and oxygen atoms in total. The highest BCUT2D eigenvalue weighted by Crippen LogP contribution is 2.45. The number of rotatable bonds is 1. The zero-order valence-electron chi connectivity index (χ0n) is 8.80. The van der Waals surface area contributed by atoms with Crippen LogP contribution in [0.5, 0.6) is 5.75 Å². The third-order valence-corrected chi connectivity index (χ3v) is 6.60. The Labute approximate surface area is 99.7 Å². The molecule has 2 atom stereocenters. The van der Waals surface area contributed by atoms with Crippen LogP contribution in [-0.4, -0.2) is 12.4 Å². The molecule has 0 saturated heterocycles. The van der Waals surface area contributed by atoms with Crippen LogP contribution in [0.4, 0.5) is 0 Å². The van der Waals surface area contributed by atoms with Gasteiger partial charge >= 0.3 is 0 Å². The van der Waals surface area contributed by atoms with Gasteiger partial charge in [0.05, 0.1) is 0 Å². The molecule has 2 unspecified atom stereocenters. The lowest BCUT2D eigenvalue weighted by Gasteiger charge is -2.26. The van der Waals surface area contributed by atoms with E-state index in [9.17, 15) is 0 Å². The molecule has 0 fully saturated rings. The molecule has 1 aliphatic carbocycles. The fourth-order valence-electron chi connectivity index (χ4n) is 2.02. The summed E-state index contributed by atoms with van der Waals surface area (Å²) in [4.78, 5) is 2.70. The van der Waals surface area contributed by atoms with Gasteiger partial charge in [-0.05, 0) is 24.5 Å². The number of benzene rings is 1. The Balaban J connectivity index is 2.14. The van der Waals surface area contributed by atoms with Gasteiger partial charge in [-0.2, -0.15) is 0 Å². The maximum atomic E-state index is 6.02. The van der Waals surface area contributed by atoms with Gasteiger partial charge in [0, 0.05) is 6.42 Å². The lowest BCUT2D eigenvalue weighted by atomic mass is 10.1. The van der Waals surface area contributed by atoms with Gasteiger partial charge in [0.15, 0.2) is 24.2 Å². The topological polar surface area (TPSA) is 9.23 Å². The van der Waals surface area contributed by atoms with Gasteiger partial charge < -0.3 is 4.74 Å². The lowest BCUT2D eigenvalue weighted by molar-refractivity contribution is 0.237. The predicted molar refractivity (Wildman–Crippen MR) is 72.4 cm³/mol. The van der Waals surface area contributed by atoms with Crippen LogP contribution in [0.2, 0.25) is 0 Å². The van der Waals surface area contributed by atoms with E-state index >= 15 is 0 Å². The standard InChI is InChI=1S/C13H12OPS/c1-15-16-12-8-4-2-6-10(12)14-11-7-3-5-9-13(11)16/h2-6,8-9,11H,1,7H2/q+1. The Morgan fingerprint density at radius 1 is 1.38 bits per heavy atom. The van der Waals surface area contributed by atoms with E-state index < -0.39 is 0 Å². The van der Waals surface area contributed by atoms with E-state index in [0.29, 0.717) is 0 Å². The fourth-order valence-corrected chi connectivity index (χ4v) is 5.52. The van der Waals surface area contributed by atoms with Gasteiger partial charge in [-0.15, -0.1) is 0 Å². The molecule has 0 radical (unpaired) electrons. The normalized spacial score (nSPS) is 26.6. The van der Waals surface area contributed by atoms with Crippen molar-refractivity contribution in [1.82, 2.24) is 0 Å². The number of allylic oxidation sites excluding steroid dienone is 2. The van der Waals surface area contributed by atoms with Crippen molar-refractivity contribution in [3.8, 4) is 5.75 Å². The Hall–Kier alpha value is -0.980. The second kappa shape index (κ2) is 4.12. The number of hydrogen-bond donors (Lipinski definition) is 0. The van der Waals surface area contributed by atoms with Gasteiger partial charge in [0.2, 0.25) is 4.90 Å². The molecule has 16 heavy (non-hydrogen) atoms. The van der Waals surface area contributed by atoms with E-state index in [1.165, 1.54) is 17.2 Å². The van der Waals surface area contributed by atoms with Gasteiger partial charge in [-0.25, -0.2) is 0 Å². The highest BCUT2D eigenvalue weighted by Gasteiger charge is 2.41. The molecule has 0 amide bonds. The number of para-hydroxylation sites is 1. The molecule has 3 heteroatoms. The molecule has 80 valence electrons. The van der Waals surface area contributed by atoms with Crippen molar-refractivity contribution in [1.29, 1.82) is 0 Å². The zero-order valence-corrected chi connectivity index (χ0v) is 10.5. The molecule has 1 aromatic carbocycles. The second-order valence-corrected chi connectivity index (χ2v) is 7.31. The summed E-state index contributed by atoms with van der Waals surface area (Å²) in [5.41, 5.74) is 0. The van der Waals surface area contributed by atoms with Crippen molar-refractivity contribution in [2.75, 3.05) is 0 Å². The third kappa shape index (κ3) is 1.53. The molecule has 1 aliphatic heterocycles. The summed E-state index contributed by atoms with van der Waals surface area (Å²) in [5.74, 6) is 1.04. The summed E-state index contributed by atoms with van der Waals surface area (Å²) in [6, 6.07) is 8.34. The van der Waals surface area contributed by atoms with E-state index in [0.717, 1.165) is 12.2 Å². The summed E-state index contributed by atoms with van der Waals surface area (Å²) in [6.07, 6.45) is 11.8. The molecule has 2 aliphatic rings. The van der Waals surface area contributed by atoms with Crippen LogP contribution in [0.3, 0.4) is 0 Å². The second-order valence-electron chi connectivity index (χ2n) is 3.70. The van der Waals surface area contributed by atoms with Crippen molar-refractivity contribution in [3.05, 3.63) is 47.4 Å². The first-order chi connectivity index (χ1) is 7.90. The van der Waals surface area contributed by atoms with Crippen LogP contribution in [0.25, 0.3) is 0 Å². The number of ether oxygens (including phenoxy) is 1. The average Bonchev–Trinajstić information content (AvgIpc) is 2.36. The van der Waals surface area contributed by atoms with Crippen LogP contribution >= 0.6 is 7.41 Å². The van der Waals surface area contributed by atoms with Gasteiger partial charge in [0.1, 0.15) is 10.5 Å². The van der Waals surface area contributed by atoms with Crippen molar-refractivity contribution < 1.29 is 4.74 Å². The zero-order chi connectivity index (χ0) is 11.0. The Bertz CT molecular complexity index is 492. The molecule has 0 spiro atoms. The van der Waals surface area contributed by atoms with Crippen molar-refractivity contribution >= 4 is 24.2 Å². The van der Waals surface area contributed by atoms with E-state index in [-0.39, 0.29) is 16.6 Å². The smallest absolute Gasteiger partial charge is 0.210 e. The van der Waals surface area contributed by atoms with Crippen LogP contribution in [0.15, 0.2) is 52.3 Å². The summed E-state index contributed by atoms with van der Waals surface area (Å²) < 4.78 is 6.02. The van der Waals surface area contributed by atoms with Gasteiger partial charge in [0.25, 0.3) is 0 Å². The molecule has 0 bridgehead atoms. The lowest BCUT2D eigenvalue weighted by Crippen LogP contribution is -2.28. The fraction of sp³-hybridized carbons (Fsp3) is 0.154. The Morgan fingerprint density at radius 2 is 2.25 bits per heavy atom. The maximum Gasteiger partial charge on any atom is 0.210 e. The molecule has 1 heterocycles. The Morgan fingerprint density at radius 3 is 3.12 bits per heavy atom. The minimum Gasteiger partial charge on any atom is -0.475 e. The highest BCUT2D eigenvalue weighted by molar-refractivity contribution is 8.47. The number of hydrogen-bond acceptors (Lipinski definition) is 1. The molecule has 0 aromatic heterocycles. The SMILES string of the molecule is C=P[S+]1C2=CC=CCC2Oc2ccccc21. The third-order valence-electron chi connectivity index (χ3n) is 2.74. The van der Waals surface area contributed by atoms with E-state index in [1.54, 1.807) is 0 Å². The molecular weight excluding hydrogens is 235 g/mol. The molecule has 3 rings (SSSR count). The Kier molecular flexibility index (Phi) is 2.62. The molecule has 1 aromatic rings. The predicted octanol–water partition coefficient (Wildman–Crippen LogP) is 3.56. The molecule has 0 saturated carbocycles. The number of fused-ring (bicyclic) bond motifs is 2. The van der Waals surface area contributed by atoms with E-state index in [2.05, 4.69) is 42.7 Å². The first-order valence-corrected chi connectivity index (χ1v) is 8.14. The molecule has 0 N–H and O–H groups in total. The average molecular weight is 247 g/mol. The first-order valence-electron chi connectivity index (χ1n) is 5.23.